The lowest BCUT2D eigenvalue weighted by molar-refractivity contribution is 0.211. The van der Waals surface area contributed by atoms with Gasteiger partial charge in [-0.05, 0) is 29.6 Å². The minimum absolute atomic E-state index is 0.698. The fourth-order valence-electron chi connectivity index (χ4n) is 2.12. The Morgan fingerprint density at radius 2 is 2.00 bits per heavy atom. The number of methoxy groups -OCH3 is 1. The van der Waals surface area contributed by atoms with Crippen LogP contribution in [-0.2, 0) is 0 Å². The molecule has 0 amide bonds. The van der Waals surface area contributed by atoms with E-state index in [0.29, 0.717) is 5.75 Å². The normalized spacial score (nSPS) is 12.3. The average molecular weight is 286 g/mol. The minimum atomic E-state index is -0.757. The largest absolute Gasteiger partial charge is 0.495 e. The Kier molecular flexibility index (Phi) is 3.54. The first-order chi connectivity index (χ1) is 9.81. The lowest BCUT2D eigenvalue weighted by atomic mass is 10.2. The molecule has 102 valence electrons. The van der Waals surface area contributed by atoms with Crippen molar-refractivity contribution in [2.24, 2.45) is 0 Å². The zero-order valence-electron chi connectivity index (χ0n) is 10.9. The van der Waals surface area contributed by atoms with Gasteiger partial charge < -0.3 is 9.84 Å². The van der Waals surface area contributed by atoms with Crippen LogP contribution in [0.2, 0.25) is 0 Å². The maximum atomic E-state index is 10.6. The molecule has 0 radical (unpaired) electrons. The van der Waals surface area contributed by atoms with Gasteiger partial charge in [-0.3, -0.25) is 0 Å². The number of aromatic nitrogens is 2. The van der Waals surface area contributed by atoms with Crippen molar-refractivity contribution in [2.45, 2.75) is 6.10 Å². The van der Waals surface area contributed by atoms with Crippen LogP contribution in [0.25, 0.3) is 5.69 Å². The summed E-state index contributed by atoms with van der Waals surface area (Å²) < 4.78 is 7.01. The molecule has 2 heterocycles. The van der Waals surface area contributed by atoms with Gasteiger partial charge in [-0.1, -0.05) is 18.2 Å². The molecule has 2 aromatic heterocycles. The van der Waals surface area contributed by atoms with Crippen molar-refractivity contribution in [1.82, 2.24) is 9.78 Å². The van der Waals surface area contributed by atoms with Crippen molar-refractivity contribution in [3.63, 3.8) is 0 Å². The number of aliphatic hydroxyl groups is 1. The summed E-state index contributed by atoms with van der Waals surface area (Å²) in [7, 11) is 1.60. The standard InChI is InChI=1S/C15H14N2O2S/c1-19-13-8-10-20-15(13)14(18)12-7-9-16-17(12)11-5-3-2-4-6-11/h2-10,14,18H,1H3. The van der Waals surface area contributed by atoms with Crippen molar-refractivity contribution in [3.8, 4) is 11.4 Å². The molecule has 1 unspecified atom stereocenters. The predicted molar refractivity (Wildman–Crippen MR) is 78.5 cm³/mol. The van der Waals surface area contributed by atoms with E-state index in [9.17, 15) is 5.11 Å². The molecular formula is C15H14N2O2S. The van der Waals surface area contributed by atoms with E-state index in [4.69, 9.17) is 4.74 Å². The quantitative estimate of drug-likeness (QED) is 0.802. The van der Waals surface area contributed by atoms with Gasteiger partial charge in [0.2, 0.25) is 0 Å². The molecule has 0 spiro atoms. The zero-order valence-corrected chi connectivity index (χ0v) is 11.7. The number of para-hydroxylation sites is 1. The number of nitrogens with zero attached hydrogens (tertiary/aromatic N) is 2. The Morgan fingerprint density at radius 3 is 2.75 bits per heavy atom. The van der Waals surface area contributed by atoms with Gasteiger partial charge in [-0.2, -0.15) is 5.10 Å². The highest BCUT2D eigenvalue weighted by atomic mass is 32.1. The van der Waals surface area contributed by atoms with Crippen LogP contribution in [0.1, 0.15) is 16.7 Å². The highest BCUT2D eigenvalue weighted by Gasteiger charge is 2.21. The first-order valence-corrected chi connectivity index (χ1v) is 7.08. The monoisotopic (exact) mass is 286 g/mol. The first kappa shape index (κ1) is 12.9. The summed E-state index contributed by atoms with van der Waals surface area (Å²) in [5.74, 6) is 0.698. The van der Waals surface area contributed by atoms with Crippen molar-refractivity contribution in [3.05, 3.63) is 64.6 Å². The molecule has 4 nitrogen and oxygen atoms in total. The summed E-state index contributed by atoms with van der Waals surface area (Å²) in [6.07, 6.45) is 0.929. The van der Waals surface area contributed by atoms with Crippen LogP contribution < -0.4 is 4.74 Å². The molecule has 0 saturated heterocycles. The van der Waals surface area contributed by atoms with E-state index in [0.717, 1.165) is 16.3 Å². The van der Waals surface area contributed by atoms with Crippen LogP contribution in [-0.4, -0.2) is 22.0 Å². The van der Waals surface area contributed by atoms with E-state index < -0.39 is 6.10 Å². The summed E-state index contributed by atoms with van der Waals surface area (Å²) in [6, 6.07) is 13.4. The number of thiophene rings is 1. The van der Waals surface area contributed by atoms with Gasteiger partial charge in [-0.15, -0.1) is 11.3 Å². The molecule has 20 heavy (non-hydrogen) atoms. The molecule has 0 fully saturated rings. The molecule has 0 aliphatic rings. The van der Waals surface area contributed by atoms with Crippen molar-refractivity contribution >= 4 is 11.3 Å². The van der Waals surface area contributed by atoms with E-state index in [-0.39, 0.29) is 0 Å². The van der Waals surface area contributed by atoms with Crippen LogP contribution in [0.15, 0.2) is 54.0 Å². The van der Waals surface area contributed by atoms with Crippen molar-refractivity contribution in [1.29, 1.82) is 0 Å². The molecule has 3 aromatic rings. The Labute approximate surface area is 120 Å². The lowest BCUT2D eigenvalue weighted by Gasteiger charge is -2.13. The zero-order chi connectivity index (χ0) is 13.9. The number of rotatable bonds is 4. The minimum Gasteiger partial charge on any atom is -0.495 e. The third kappa shape index (κ3) is 2.21. The Balaban J connectivity index is 2.02. The van der Waals surface area contributed by atoms with Crippen LogP contribution in [0.4, 0.5) is 0 Å². The predicted octanol–water partition coefficient (Wildman–Crippen LogP) is 3.02. The number of benzene rings is 1. The van der Waals surface area contributed by atoms with E-state index in [1.165, 1.54) is 11.3 Å². The fourth-order valence-corrected chi connectivity index (χ4v) is 2.97. The molecule has 1 aromatic carbocycles. The van der Waals surface area contributed by atoms with Gasteiger partial charge in [0, 0.05) is 6.20 Å². The highest BCUT2D eigenvalue weighted by Crippen LogP contribution is 2.35. The fraction of sp³-hybridized carbons (Fsp3) is 0.133. The molecule has 3 rings (SSSR count). The number of hydrogen-bond acceptors (Lipinski definition) is 4. The highest BCUT2D eigenvalue weighted by molar-refractivity contribution is 7.10. The van der Waals surface area contributed by atoms with E-state index in [2.05, 4.69) is 5.10 Å². The lowest BCUT2D eigenvalue weighted by Crippen LogP contribution is -2.08. The van der Waals surface area contributed by atoms with Crippen LogP contribution in [0, 0.1) is 0 Å². The maximum Gasteiger partial charge on any atom is 0.135 e. The van der Waals surface area contributed by atoms with Gasteiger partial charge in [-0.25, -0.2) is 4.68 Å². The summed E-state index contributed by atoms with van der Waals surface area (Å²) in [4.78, 5) is 0.783. The second-order valence-corrected chi connectivity index (χ2v) is 5.21. The molecule has 0 saturated carbocycles. The number of hydrogen-bond donors (Lipinski definition) is 1. The van der Waals surface area contributed by atoms with Crippen molar-refractivity contribution < 1.29 is 9.84 Å². The van der Waals surface area contributed by atoms with Gasteiger partial charge in [0.1, 0.15) is 11.9 Å². The summed E-state index contributed by atoms with van der Waals surface area (Å²) in [5, 5.41) is 16.8. The average Bonchev–Trinajstić information content (AvgIpc) is 3.16. The first-order valence-electron chi connectivity index (χ1n) is 6.20. The summed E-state index contributed by atoms with van der Waals surface area (Å²) >= 11 is 1.47. The Morgan fingerprint density at radius 1 is 1.20 bits per heavy atom. The molecule has 1 atom stereocenters. The Hall–Kier alpha value is -2.11. The number of ether oxygens (including phenoxy) is 1. The van der Waals surface area contributed by atoms with Gasteiger partial charge >= 0.3 is 0 Å². The number of aliphatic hydroxyl groups excluding tert-OH is 1. The second kappa shape index (κ2) is 5.48. The van der Waals surface area contributed by atoms with Crippen molar-refractivity contribution in [2.75, 3.05) is 7.11 Å². The van der Waals surface area contributed by atoms with Gasteiger partial charge in [0.15, 0.2) is 0 Å². The van der Waals surface area contributed by atoms with Crippen LogP contribution in [0.5, 0.6) is 5.75 Å². The van der Waals surface area contributed by atoms with E-state index in [1.807, 2.05) is 47.8 Å². The topological polar surface area (TPSA) is 47.3 Å². The molecular weight excluding hydrogens is 272 g/mol. The third-order valence-corrected chi connectivity index (χ3v) is 4.03. The Bertz CT molecular complexity index is 691. The molecule has 1 N–H and O–H groups in total. The van der Waals surface area contributed by atoms with Gasteiger partial charge in [0.05, 0.1) is 23.4 Å². The van der Waals surface area contributed by atoms with Gasteiger partial charge in [0.25, 0.3) is 0 Å². The smallest absolute Gasteiger partial charge is 0.135 e. The third-order valence-electron chi connectivity index (χ3n) is 3.08. The molecule has 5 heteroatoms. The van der Waals surface area contributed by atoms with E-state index >= 15 is 0 Å². The maximum absolute atomic E-state index is 10.6. The summed E-state index contributed by atoms with van der Waals surface area (Å²) in [6.45, 7) is 0. The van der Waals surface area contributed by atoms with E-state index in [1.54, 1.807) is 18.0 Å². The van der Waals surface area contributed by atoms with Crippen LogP contribution >= 0.6 is 11.3 Å². The van der Waals surface area contributed by atoms with Crippen LogP contribution in [0.3, 0.4) is 0 Å². The SMILES string of the molecule is COc1ccsc1C(O)c1ccnn1-c1ccccc1. The molecule has 0 aliphatic carbocycles. The summed E-state index contributed by atoms with van der Waals surface area (Å²) in [5.41, 5.74) is 1.64. The molecule has 0 aliphatic heterocycles. The second-order valence-electron chi connectivity index (χ2n) is 4.26. The molecule has 0 bridgehead atoms.